The Labute approximate surface area is 196 Å². The van der Waals surface area contributed by atoms with Crippen LogP contribution in [0, 0.1) is 0 Å². The molecule has 0 radical (unpaired) electrons. The minimum absolute atomic E-state index is 0.170. The van der Waals surface area contributed by atoms with E-state index in [0.717, 1.165) is 38.5 Å². The average molecular weight is 497 g/mol. The summed E-state index contributed by atoms with van der Waals surface area (Å²) in [4.78, 5) is 32.7. The number of esters is 2. The van der Waals surface area contributed by atoms with Crippen LogP contribution in [0.15, 0.2) is 12.2 Å². The van der Waals surface area contributed by atoms with Crippen molar-refractivity contribution in [1.82, 2.24) is 0 Å². The SMILES string of the molecule is CCCC/C=C\CCCCCCCC(=O)OC(COC(C)=O)COP(=O)(O)OCC(O)CO. The summed E-state index contributed by atoms with van der Waals surface area (Å²) in [6.45, 7) is 1.20. The van der Waals surface area contributed by atoms with E-state index in [1.165, 1.54) is 19.8 Å². The lowest BCUT2D eigenvalue weighted by Gasteiger charge is -2.20. The first-order valence-electron chi connectivity index (χ1n) is 11.6. The van der Waals surface area contributed by atoms with Crippen LogP contribution in [0.25, 0.3) is 0 Å². The van der Waals surface area contributed by atoms with Gasteiger partial charge in [0.25, 0.3) is 0 Å². The monoisotopic (exact) mass is 496 g/mol. The van der Waals surface area contributed by atoms with E-state index < -0.39 is 51.8 Å². The van der Waals surface area contributed by atoms with Gasteiger partial charge in [0.1, 0.15) is 12.7 Å². The third kappa shape index (κ3) is 21.0. The fourth-order valence-electron chi connectivity index (χ4n) is 2.64. The number of hydrogen-bond acceptors (Lipinski definition) is 9. The smallest absolute Gasteiger partial charge is 0.462 e. The molecule has 0 amide bonds. The molecule has 11 heteroatoms. The molecule has 0 aliphatic rings. The van der Waals surface area contributed by atoms with Crippen molar-refractivity contribution in [1.29, 1.82) is 0 Å². The maximum atomic E-state index is 12.1. The van der Waals surface area contributed by atoms with E-state index in [4.69, 9.17) is 19.1 Å². The molecule has 0 aromatic heterocycles. The van der Waals surface area contributed by atoms with Crippen molar-refractivity contribution in [2.45, 2.75) is 90.3 Å². The quantitative estimate of drug-likeness (QED) is 0.0934. The third-order valence-corrected chi connectivity index (χ3v) is 5.43. The number of carbonyl (C=O) groups is 2. The first-order chi connectivity index (χ1) is 15.7. The van der Waals surface area contributed by atoms with E-state index in [0.29, 0.717) is 6.42 Å². The predicted octanol–water partition coefficient (Wildman–Crippen LogP) is 3.43. The van der Waals surface area contributed by atoms with E-state index in [1.807, 2.05) is 0 Å². The van der Waals surface area contributed by atoms with E-state index >= 15 is 0 Å². The first kappa shape index (κ1) is 31.7. The standard InChI is InChI=1S/C22H41O10P/c1-3-4-5-6-7-8-9-10-11-12-13-14-22(26)32-21(17-29-19(2)24)18-31-33(27,28)30-16-20(25)15-23/h6-7,20-21,23,25H,3-5,8-18H2,1-2H3,(H,27,28)/b7-6-. The molecule has 33 heavy (non-hydrogen) atoms. The molecule has 0 saturated heterocycles. The van der Waals surface area contributed by atoms with Gasteiger partial charge in [-0.05, 0) is 25.7 Å². The molecule has 0 saturated carbocycles. The van der Waals surface area contributed by atoms with Crippen molar-refractivity contribution >= 4 is 19.8 Å². The fraction of sp³-hybridized carbons (Fsp3) is 0.818. The summed E-state index contributed by atoms with van der Waals surface area (Å²) in [6, 6.07) is 0. The molecule has 0 heterocycles. The molecule has 0 aromatic rings. The molecule has 3 N–H and O–H groups in total. The van der Waals surface area contributed by atoms with Crippen LogP contribution in [0.1, 0.15) is 78.1 Å². The van der Waals surface area contributed by atoms with Crippen LogP contribution < -0.4 is 0 Å². The number of allylic oxidation sites excluding steroid dienone is 2. The van der Waals surface area contributed by atoms with Crippen LogP contribution in [0.5, 0.6) is 0 Å². The fourth-order valence-corrected chi connectivity index (χ4v) is 3.43. The summed E-state index contributed by atoms with van der Waals surface area (Å²) in [7, 11) is -4.56. The number of rotatable bonds is 21. The van der Waals surface area contributed by atoms with Crippen LogP contribution >= 0.6 is 7.82 Å². The minimum atomic E-state index is -4.56. The maximum absolute atomic E-state index is 12.1. The molecule has 0 aliphatic heterocycles. The van der Waals surface area contributed by atoms with Gasteiger partial charge in [-0.1, -0.05) is 51.2 Å². The Morgan fingerprint density at radius 1 is 0.939 bits per heavy atom. The predicted molar refractivity (Wildman–Crippen MR) is 122 cm³/mol. The zero-order valence-electron chi connectivity index (χ0n) is 19.9. The molecule has 0 fully saturated rings. The summed E-state index contributed by atoms with van der Waals surface area (Å²) in [5.41, 5.74) is 0. The number of phosphoric ester groups is 1. The van der Waals surface area contributed by atoms with E-state index in [9.17, 15) is 24.2 Å². The number of aliphatic hydroxyl groups is 2. The van der Waals surface area contributed by atoms with Gasteiger partial charge < -0.3 is 24.6 Å². The maximum Gasteiger partial charge on any atom is 0.472 e. The summed E-state index contributed by atoms with van der Waals surface area (Å²) < 4.78 is 31.1. The Kier molecular flexibility index (Phi) is 19.3. The van der Waals surface area contributed by atoms with Crippen molar-refractivity contribution < 1.29 is 47.8 Å². The summed E-state index contributed by atoms with van der Waals surface area (Å²) in [5, 5.41) is 17.9. The van der Waals surface area contributed by atoms with Crippen LogP contribution in [0.4, 0.5) is 0 Å². The lowest BCUT2D eigenvalue weighted by Crippen LogP contribution is -2.29. The van der Waals surface area contributed by atoms with Gasteiger partial charge in [-0.25, -0.2) is 4.57 Å². The van der Waals surface area contributed by atoms with E-state index in [1.54, 1.807) is 0 Å². The van der Waals surface area contributed by atoms with Crippen LogP contribution in [-0.2, 0) is 32.7 Å². The number of phosphoric acid groups is 1. The second-order valence-electron chi connectivity index (χ2n) is 7.73. The molecule has 0 aliphatic carbocycles. The molecule has 0 bridgehead atoms. The number of hydrogen-bond donors (Lipinski definition) is 3. The van der Waals surface area contributed by atoms with E-state index in [2.05, 4.69) is 23.6 Å². The van der Waals surface area contributed by atoms with Gasteiger partial charge in [0.05, 0.1) is 19.8 Å². The van der Waals surface area contributed by atoms with Crippen LogP contribution in [0.3, 0.4) is 0 Å². The van der Waals surface area contributed by atoms with Gasteiger partial charge in [-0.2, -0.15) is 0 Å². The molecule has 0 aromatic carbocycles. The first-order valence-corrected chi connectivity index (χ1v) is 13.1. The van der Waals surface area contributed by atoms with Gasteiger partial charge in [-0.15, -0.1) is 0 Å². The third-order valence-electron chi connectivity index (χ3n) is 4.48. The van der Waals surface area contributed by atoms with Crippen molar-refractivity contribution in [3.63, 3.8) is 0 Å². The minimum Gasteiger partial charge on any atom is -0.462 e. The zero-order chi connectivity index (χ0) is 25.0. The zero-order valence-corrected chi connectivity index (χ0v) is 20.7. The number of ether oxygens (including phenoxy) is 2. The Balaban J connectivity index is 4.19. The molecule has 0 spiro atoms. The van der Waals surface area contributed by atoms with Gasteiger partial charge in [0.2, 0.25) is 0 Å². The van der Waals surface area contributed by atoms with Crippen LogP contribution in [-0.4, -0.2) is 65.7 Å². The summed E-state index contributed by atoms with van der Waals surface area (Å²) >= 11 is 0. The molecule has 10 nitrogen and oxygen atoms in total. The Hall–Kier alpha value is -1.29. The van der Waals surface area contributed by atoms with Gasteiger partial charge >= 0.3 is 19.8 Å². The Morgan fingerprint density at radius 2 is 1.55 bits per heavy atom. The lowest BCUT2D eigenvalue weighted by molar-refractivity contribution is -0.160. The molecule has 0 rings (SSSR count). The molecule has 3 unspecified atom stereocenters. The van der Waals surface area contributed by atoms with Crippen molar-refractivity contribution in [3.8, 4) is 0 Å². The summed E-state index contributed by atoms with van der Waals surface area (Å²) in [6.07, 6.45) is 11.6. The highest BCUT2D eigenvalue weighted by molar-refractivity contribution is 7.47. The Bertz CT molecular complexity index is 596. The average Bonchev–Trinajstić information content (AvgIpc) is 2.77. The number of aliphatic hydroxyl groups excluding tert-OH is 2. The molecular formula is C22H41O10P. The van der Waals surface area contributed by atoms with Gasteiger partial charge in [0.15, 0.2) is 6.10 Å². The highest BCUT2D eigenvalue weighted by Crippen LogP contribution is 2.43. The molecule has 194 valence electrons. The topological polar surface area (TPSA) is 149 Å². The summed E-state index contributed by atoms with van der Waals surface area (Å²) in [5.74, 6) is -1.13. The second kappa shape index (κ2) is 20.1. The lowest BCUT2D eigenvalue weighted by atomic mass is 10.1. The number of carbonyl (C=O) groups excluding carboxylic acids is 2. The highest BCUT2D eigenvalue weighted by Gasteiger charge is 2.26. The van der Waals surface area contributed by atoms with Crippen molar-refractivity contribution in [2.24, 2.45) is 0 Å². The van der Waals surface area contributed by atoms with Crippen molar-refractivity contribution in [2.75, 3.05) is 26.4 Å². The van der Waals surface area contributed by atoms with Crippen LogP contribution in [0.2, 0.25) is 0 Å². The van der Waals surface area contributed by atoms with Crippen molar-refractivity contribution in [3.05, 3.63) is 12.2 Å². The van der Waals surface area contributed by atoms with Gasteiger partial charge in [0, 0.05) is 13.3 Å². The highest BCUT2D eigenvalue weighted by atomic mass is 31.2. The van der Waals surface area contributed by atoms with E-state index in [-0.39, 0.29) is 13.0 Å². The Morgan fingerprint density at radius 3 is 2.18 bits per heavy atom. The molecule has 3 atom stereocenters. The molecular weight excluding hydrogens is 455 g/mol. The van der Waals surface area contributed by atoms with Gasteiger partial charge in [-0.3, -0.25) is 18.6 Å². The largest absolute Gasteiger partial charge is 0.472 e. The number of unbranched alkanes of at least 4 members (excludes halogenated alkanes) is 7. The normalized spacial score (nSPS) is 15.2. The second-order valence-corrected chi connectivity index (χ2v) is 9.18.